The van der Waals surface area contributed by atoms with Gasteiger partial charge in [0.1, 0.15) is 5.75 Å². The Morgan fingerprint density at radius 2 is 1.95 bits per heavy atom. The molecule has 4 heteroatoms. The van der Waals surface area contributed by atoms with Crippen LogP contribution in [0.15, 0.2) is 30.3 Å². The molecule has 1 aromatic heterocycles. The highest BCUT2D eigenvalue weighted by Crippen LogP contribution is 2.21. The van der Waals surface area contributed by atoms with Gasteiger partial charge in [0.15, 0.2) is 0 Å². The fraction of sp³-hybridized carbons (Fsp3) is 0.471. The van der Waals surface area contributed by atoms with Crippen molar-refractivity contribution in [3.05, 3.63) is 36.0 Å². The summed E-state index contributed by atoms with van der Waals surface area (Å²) in [7, 11) is 0. The Balaban J connectivity index is 1.90. The summed E-state index contributed by atoms with van der Waals surface area (Å²) in [5, 5.41) is 10.7. The zero-order valence-electron chi connectivity index (χ0n) is 13.0. The van der Waals surface area contributed by atoms with Crippen LogP contribution in [0.4, 0.5) is 0 Å². The van der Waals surface area contributed by atoms with E-state index in [-0.39, 0.29) is 0 Å². The summed E-state index contributed by atoms with van der Waals surface area (Å²) in [5.74, 6) is 0.929. The highest BCUT2D eigenvalue weighted by atomic mass is 16.5. The van der Waals surface area contributed by atoms with Crippen molar-refractivity contribution in [1.82, 2.24) is 15.5 Å². The topological polar surface area (TPSA) is 49.9 Å². The number of H-pyrrole nitrogens is 1. The Morgan fingerprint density at radius 1 is 1.14 bits per heavy atom. The molecule has 0 bridgehead atoms. The number of aromatic nitrogens is 2. The van der Waals surface area contributed by atoms with E-state index in [1.807, 2.05) is 12.1 Å². The first-order valence-corrected chi connectivity index (χ1v) is 7.81. The molecule has 2 aromatic rings. The lowest BCUT2D eigenvalue weighted by molar-refractivity contribution is 0.306. The van der Waals surface area contributed by atoms with Crippen molar-refractivity contribution in [3.8, 4) is 17.0 Å². The number of nitrogens with one attached hydrogen (secondary N) is 2. The highest BCUT2D eigenvalue weighted by molar-refractivity contribution is 5.60. The van der Waals surface area contributed by atoms with Gasteiger partial charge in [-0.2, -0.15) is 5.10 Å². The molecule has 0 amide bonds. The molecule has 2 N–H and O–H groups in total. The highest BCUT2D eigenvalue weighted by Gasteiger charge is 2.04. The van der Waals surface area contributed by atoms with Gasteiger partial charge >= 0.3 is 0 Å². The number of nitrogens with zero attached hydrogens (tertiary/aromatic N) is 1. The van der Waals surface area contributed by atoms with Gasteiger partial charge in [-0.1, -0.05) is 26.7 Å². The predicted octanol–water partition coefficient (Wildman–Crippen LogP) is 3.76. The Kier molecular flexibility index (Phi) is 6.28. The van der Waals surface area contributed by atoms with Crippen molar-refractivity contribution < 1.29 is 4.74 Å². The second-order valence-electron chi connectivity index (χ2n) is 5.14. The van der Waals surface area contributed by atoms with E-state index < -0.39 is 0 Å². The maximum Gasteiger partial charge on any atom is 0.119 e. The van der Waals surface area contributed by atoms with Crippen molar-refractivity contribution >= 4 is 0 Å². The van der Waals surface area contributed by atoms with Crippen LogP contribution in [0, 0.1) is 0 Å². The van der Waals surface area contributed by atoms with Gasteiger partial charge in [0.25, 0.3) is 0 Å². The standard InChI is InChI=1S/C17H25N3O/c1-3-5-6-11-21-16-9-7-14(8-10-16)17-12-15(19-20-17)13-18-4-2/h7-10,12,18H,3-6,11,13H2,1-2H3,(H,19,20). The van der Waals surface area contributed by atoms with Crippen LogP contribution in [0.2, 0.25) is 0 Å². The number of unbranched alkanes of at least 4 members (excludes halogenated alkanes) is 2. The Bertz CT molecular complexity index is 519. The van der Waals surface area contributed by atoms with Gasteiger partial charge in [-0.05, 0) is 43.3 Å². The van der Waals surface area contributed by atoms with Gasteiger partial charge in [-0.15, -0.1) is 0 Å². The first-order chi connectivity index (χ1) is 10.3. The first kappa shape index (κ1) is 15.6. The molecule has 0 fully saturated rings. The Labute approximate surface area is 126 Å². The Hall–Kier alpha value is -1.81. The van der Waals surface area contributed by atoms with Crippen LogP contribution in [0.25, 0.3) is 11.3 Å². The molecule has 0 unspecified atom stereocenters. The van der Waals surface area contributed by atoms with E-state index in [1.54, 1.807) is 0 Å². The lowest BCUT2D eigenvalue weighted by Gasteiger charge is -2.06. The molecule has 0 aliphatic heterocycles. The smallest absolute Gasteiger partial charge is 0.119 e. The van der Waals surface area contributed by atoms with Crippen LogP contribution < -0.4 is 10.1 Å². The summed E-state index contributed by atoms with van der Waals surface area (Å²) >= 11 is 0. The van der Waals surface area contributed by atoms with Crippen LogP contribution >= 0.6 is 0 Å². The van der Waals surface area contributed by atoms with Crippen molar-refractivity contribution in [2.75, 3.05) is 13.2 Å². The molecule has 1 heterocycles. The predicted molar refractivity (Wildman–Crippen MR) is 86.4 cm³/mol. The lowest BCUT2D eigenvalue weighted by atomic mass is 10.1. The largest absolute Gasteiger partial charge is 0.494 e. The number of benzene rings is 1. The van der Waals surface area contributed by atoms with Gasteiger partial charge in [0.2, 0.25) is 0 Å². The maximum atomic E-state index is 5.72. The number of aromatic amines is 1. The molecule has 0 atom stereocenters. The van der Waals surface area contributed by atoms with Crippen LogP contribution in [0.5, 0.6) is 5.75 Å². The minimum Gasteiger partial charge on any atom is -0.494 e. The SMILES string of the molecule is CCCCCOc1ccc(-c2cc(CNCC)[nH]n2)cc1. The number of hydrogen-bond acceptors (Lipinski definition) is 3. The van der Waals surface area contributed by atoms with Crippen LogP contribution in [0.1, 0.15) is 38.8 Å². The molecule has 114 valence electrons. The monoisotopic (exact) mass is 287 g/mol. The van der Waals surface area contributed by atoms with Crippen LogP contribution in [-0.4, -0.2) is 23.3 Å². The summed E-state index contributed by atoms with van der Waals surface area (Å²) in [6, 6.07) is 10.2. The van der Waals surface area contributed by atoms with Gasteiger partial charge in [0.05, 0.1) is 12.3 Å². The second-order valence-corrected chi connectivity index (χ2v) is 5.14. The van der Waals surface area contributed by atoms with Crippen molar-refractivity contribution in [2.24, 2.45) is 0 Å². The van der Waals surface area contributed by atoms with Crippen molar-refractivity contribution in [1.29, 1.82) is 0 Å². The number of ether oxygens (including phenoxy) is 1. The molecule has 0 radical (unpaired) electrons. The number of hydrogen-bond donors (Lipinski definition) is 2. The summed E-state index contributed by atoms with van der Waals surface area (Å²) in [5.41, 5.74) is 3.18. The Morgan fingerprint density at radius 3 is 2.67 bits per heavy atom. The zero-order chi connectivity index (χ0) is 14.9. The van der Waals surface area contributed by atoms with E-state index in [1.165, 1.54) is 12.8 Å². The molecule has 1 aromatic carbocycles. The summed E-state index contributed by atoms with van der Waals surface area (Å²) in [6.45, 7) is 6.86. The van der Waals surface area contributed by atoms with Crippen LogP contribution in [-0.2, 0) is 6.54 Å². The average Bonchev–Trinajstić information content (AvgIpc) is 2.99. The van der Waals surface area contributed by atoms with E-state index in [9.17, 15) is 0 Å². The zero-order valence-corrected chi connectivity index (χ0v) is 13.0. The van der Waals surface area contributed by atoms with Crippen LogP contribution in [0.3, 0.4) is 0 Å². The third-order valence-electron chi connectivity index (χ3n) is 3.36. The summed E-state index contributed by atoms with van der Waals surface area (Å²) < 4.78 is 5.72. The number of rotatable bonds is 9. The van der Waals surface area contributed by atoms with Crippen molar-refractivity contribution in [3.63, 3.8) is 0 Å². The lowest BCUT2D eigenvalue weighted by Crippen LogP contribution is -2.11. The fourth-order valence-electron chi connectivity index (χ4n) is 2.12. The molecule has 0 spiro atoms. The fourth-order valence-corrected chi connectivity index (χ4v) is 2.12. The molecule has 0 aliphatic carbocycles. The molecule has 0 aliphatic rings. The summed E-state index contributed by atoms with van der Waals surface area (Å²) in [6.07, 6.45) is 3.56. The molecule has 21 heavy (non-hydrogen) atoms. The normalized spacial score (nSPS) is 10.8. The summed E-state index contributed by atoms with van der Waals surface area (Å²) in [4.78, 5) is 0. The third-order valence-corrected chi connectivity index (χ3v) is 3.36. The maximum absolute atomic E-state index is 5.72. The first-order valence-electron chi connectivity index (χ1n) is 7.81. The minimum absolute atomic E-state index is 0.794. The molecule has 2 rings (SSSR count). The van der Waals surface area contributed by atoms with Gasteiger partial charge in [-0.25, -0.2) is 0 Å². The van der Waals surface area contributed by atoms with Crippen molar-refractivity contribution in [2.45, 2.75) is 39.7 Å². The second kappa shape index (κ2) is 8.47. The van der Waals surface area contributed by atoms with E-state index in [0.717, 1.165) is 48.8 Å². The van der Waals surface area contributed by atoms with E-state index in [0.29, 0.717) is 0 Å². The quantitative estimate of drug-likeness (QED) is 0.690. The van der Waals surface area contributed by atoms with E-state index in [2.05, 4.69) is 47.6 Å². The average molecular weight is 287 g/mol. The molecular formula is C17H25N3O. The van der Waals surface area contributed by atoms with Gasteiger partial charge < -0.3 is 10.1 Å². The van der Waals surface area contributed by atoms with Gasteiger partial charge in [-0.3, -0.25) is 5.10 Å². The minimum atomic E-state index is 0.794. The van der Waals surface area contributed by atoms with Gasteiger partial charge in [0, 0.05) is 17.8 Å². The molecule has 0 saturated heterocycles. The third kappa shape index (κ3) is 4.90. The van der Waals surface area contributed by atoms with E-state index >= 15 is 0 Å². The van der Waals surface area contributed by atoms with E-state index in [4.69, 9.17) is 4.74 Å². The molecule has 4 nitrogen and oxygen atoms in total. The molecule has 0 saturated carbocycles. The molecular weight excluding hydrogens is 262 g/mol.